The highest BCUT2D eigenvalue weighted by Crippen LogP contribution is 2.30. The molecule has 1 aromatic carbocycles. The third-order valence-corrected chi connectivity index (χ3v) is 5.63. The minimum Gasteiger partial charge on any atom is -0.399 e. The molecule has 0 radical (unpaired) electrons. The molecule has 1 saturated carbocycles. The van der Waals surface area contributed by atoms with Crippen LogP contribution in [0.1, 0.15) is 39.0 Å². The van der Waals surface area contributed by atoms with Crippen molar-refractivity contribution in [2.24, 2.45) is 11.8 Å². The van der Waals surface area contributed by atoms with E-state index >= 15 is 0 Å². The van der Waals surface area contributed by atoms with Crippen LogP contribution in [0.25, 0.3) is 0 Å². The number of nitrogens with one attached hydrogen (secondary N) is 1. The molecule has 0 bridgehead atoms. The Labute approximate surface area is 126 Å². The number of sulfonamides is 1. The summed E-state index contributed by atoms with van der Waals surface area (Å²) in [6, 6.07) is 3.62. The number of anilines is 1. The quantitative estimate of drug-likeness (QED) is 0.821. The van der Waals surface area contributed by atoms with Gasteiger partial charge < -0.3 is 5.73 Å². The topological polar surface area (TPSA) is 72.2 Å². The van der Waals surface area contributed by atoms with Gasteiger partial charge in [-0.2, -0.15) is 0 Å². The van der Waals surface area contributed by atoms with E-state index in [-0.39, 0.29) is 10.6 Å². The molecule has 0 aliphatic heterocycles. The summed E-state index contributed by atoms with van der Waals surface area (Å²) in [5.74, 6) is 0.469. The molecule has 1 fully saturated rings. The first-order valence-corrected chi connectivity index (χ1v) is 8.91. The van der Waals surface area contributed by atoms with Gasteiger partial charge in [-0.3, -0.25) is 0 Å². The van der Waals surface area contributed by atoms with Crippen molar-refractivity contribution >= 4 is 15.7 Å². The van der Waals surface area contributed by atoms with Gasteiger partial charge >= 0.3 is 0 Å². The van der Waals surface area contributed by atoms with Crippen molar-refractivity contribution in [1.29, 1.82) is 0 Å². The van der Waals surface area contributed by atoms with E-state index in [0.717, 1.165) is 31.2 Å². The SMILES string of the molecule is CC1CCCC(CCNS(=O)(=O)c2ccc(N)cc2F)C1. The number of nitrogen functional groups attached to an aromatic ring is 1. The van der Waals surface area contributed by atoms with Crippen LogP contribution in [-0.4, -0.2) is 15.0 Å². The summed E-state index contributed by atoms with van der Waals surface area (Å²) < 4.78 is 40.3. The van der Waals surface area contributed by atoms with Gasteiger partial charge in [0.1, 0.15) is 10.7 Å². The van der Waals surface area contributed by atoms with Crippen molar-refractivity contribution in [2.75, 3.05) is 12.3 Å². The minimum absolute atomic E-state index is 0.211. The number of nitrogens with two attached hydrogens (primary N) is 1. The fourth-order valence-electron chi connectivity index (χ4n) is 3.03. The Bertz CT molecular complexity index is 589. The Morgan fingerprint density at radius 3 is 2.81 bits per heavy atom. The van der Waals surface area contributed by atoms with Crippen molar-refractivity contribution in [3.63, 3.8) is 0 Å². The number of halogens is 1. The zero-order valence-corrected chi connectivity index (χ0v) is 13.1. The molecule has 3 N–H and O–H groups in total. The van der Waals surface area contributed by atoms with E-state index in [9.17, 15) is 12.8 Å². The summed E-state index contributed by atoms with van der Waals surface area (Å²) >= 11 is 0. The highest BCUT2D eigenvalue weighted by molar-refractivity contribution is 7.89. The van der Waals surface area contributed by atoms with E-state index in [1.807, 2.05) is 0 Å². The predicted octanol–water partition coefficient (Wildman–Crippen LogP) is 2.90. The van der Waals surface area contributed by atoms with Gasteiger partial charge in [0.05, 0.1) is 0 Å². The summed E-state index contributed by atoms with van der Waals surface area (Å²) in [4.78, 5) is -0.339. The normalized spacial score (nSPS) is 23.1. The van der Waals surface area contributed by atoms with Crippen LogP contribution in [0, 0.1) is 17.7 Å². The number of rotatable bonds is 5. The van der Waals surface area contributed by atoms with Gasteiger partial charge in [-0.1, -0.05) is 26.2 Å². The maximum Gasteiger partial charge on any atom is 0.243 e. The zero-order chi connectivity index (χ0) is 15.5. The molecule has 0 heterocycles. The average molecular weight is 314 g/mol. The molecule has 2 rings (SSSR count). The van der Waals surface area contributed by atoms with Crippen molar-refractivity contribution in [3.8, 4) is 0 Å². The second-order valence-electron chi connectivity index (χ2n) is 6.01. The van der Waals surface area contributed by atoms with Crippen LogP contribution >= 0.6 is 0 Å². The molecular weight excluding hydrogens is 291 g/mol. The molecule has 0 saturated heterocycles. The summed E-state index contributed by atoms with van der Waals surface area (Å²) in [5, 5.41) is 0. The molecule has 1 aliphatic carbocycles. The molecule has 118 valence electrons. The summed E-state index contributed by atoms with van der Waals surface area (Å²) in [6.07, 6.45) is 5.59. The molecule has 2 atom stereocenters. The van der Waals surface area contributed by atoms with E-state index in [4.69, 9.17) is 5.73 Å². The van der Waals surface area contributed by atoms with Crippen molar-refractivity contribution in [1.82, 2.24) is 4.72 Å². The van der Waals surface area contributed by atoms with Gasteiger partial charge in [-0.05, 0) is 42.9 Å². The lowest BCUT2D eigenvalue weighted by molar-refractivity contribution is 0.271. The molecule has 21 heavy (non-hydrogen) atoms. The molecule has 2 unspecified atom stereocenters. The van der Waals surface area contributed by atoms with E-state index in [0.29, 0.717) is 12.5 Å². The third kappa shape index (κ3) is 4.41. The van der Waals surface area contributed by atoms with Gasteiger partial charge in [-0.25, -0.2) is 17.5 Å². The van der Waals surface area contributed by atoms with Crippen LogP contribution in [-0.2, 0) is 10.0 Å². The molecule has 6 heteroatoms. The van der Waals surface area contributed by atoms with Crippen LogP contribution in [0.5, 0.6) is 0 Å². The molecule has 0 spiro atoms. The smallest absolute Gasteiger partial charge is 0.243 e. The number of hydrogen-bond acceptors (Lipinski definition) is 3. The molecule has 1 aliphatic rings. The first-order chi connectivity index (χ1) is 9.88. The maximum absolute atomic E-state index is 13.7. The number of benzene rings is 1. The minimum atomic E-state index is -3.80. The lowest BCUT2D eigenvalue weighted by atomic mass is 9.81. The highest BCUT2D eigenvalue weighted by Gasteiger charge is 2.21. The predicted molar refractivity (Wildman–Crippen MR) is 81.7 cm³/mol. The Kier molecular flexibility index (Phi) is 5.22. The van der Waals surface area contributed by atoms with Crippen LogP contribution in [0.4, 0.5) is 10.1 Å². The van der Waals surface area contributed by atoms with Gasteiger partial charge in [0.25, 0.3) is 0 Å². The Hall–Kier alpha value is -1.14. The van der Waals surface area contributed by atoms with E-state index in [2.05, 4.69) is 11.6 Å². The van der Waals surface area contributed by atoms with Gasteiger partial charge in [0, 0.05) is 12.2 Å². The number of hydrogen-bond donors (Lipinski definition) is 2. The third-order valence-electron chi connectivity index (χ3n) is 4.14. The molecule has 4 nitrogen and oxygen atoms in total. The second-order valence-corrected chi connectivity index (χ2v) is 7.75. The second kappa shape index (κ2) is 6.75. The van der Waals surface area contributed by atoms with Gasteiger partial charge in [0.15, 0.2) is 0 Å². The largest absolute Gasteiger partial charge is 0.399 e. The van der Waals surface area contributed by atoms with Crippen molar-refractivity contribution in [3.05, 3.63) is 24.0 Å². The lowest BCUT2D eigenvalue weighted by Crippen LogP contribution is -2.28. The monoisotopic (exact) mass is 314 g/mol. The Morgan fingerprint density at radius 1 is 1.38 bits per heavy atom. The molecule has 0 aromatic heterocycles. The van der Waals surface area contributed by atoms with Gasteiger partial charge in [0.2, 0.25) is 10.0 Å². The van der Waals surface area contributed by atoms with E-state index in [1.165, 1.54) is 25.0 Å². The Morgan fingerprint density at radius 2 is 2.14 bits per heavy atom. The Balaban J connectivity index is 1.92. The first kappa shape index (κ1) is 16.2. The van der Waals surface area contributed by atoms with Gasteiger partial charge in [-0.15, -0.1) is 0 Å². The fraction of sp³-hybridized carbons (Fsp3) is 0.600. The van der Waals surface area contributed by atoms with Crippen LogP contribution in [0.15, 0.2) is 23.1 Å². The first-order valence-electron chi connectivity index (χ1n) is 7.43. The maximum atomic E-state index is 13.7. The van der Waals surface area contributed by atoms with Crippen LogP contribution in [0.2, 0.25) is 0 Å². The van der Waals surface area contributed by atoms with Crippen molar-refractivity contribution < 1.29 is 12.8 Å². The summed E-state index contributed by atoms with van der Waals surface area (Å²) in [6.45, 7) is 2.59. The average Bonchev–Trinajstić information content (AvgIpc) is 2.38. The lowest BCUT2D eigenvalue weighted by Gasteiger charge is -2.26. The van der Waals surface area contributed by atoms with Crippen LogP contribution < -0.4 is 10.5 Å². The zero-order valence-electron chi connectivity index (χ0n) is 12.3. The van der Waals surface area contributed by atoms with E-state index < -0.39 is 15.8 Å². The molecule has 1 aromatic rings. The van der Waals surface area contributed by atoms with E-state index in [1.54, 1.807) is 0 Å². The van der Waals surface area contributed by atoms with Crippen molar-refractivity contribution in [2.45, 2.75) is 43.9 Å². The van der Waals surface area contributed by atoms with Crippen LogP contribution in [0.3, 0.4) is 0 Å². The fourth-order valence-corrected chi connectivity index (χ4v) is 4.14. The highest BCUT2D eigenvalue weighted by atomic mass is 32.2. The molecular formula is C15H23FN2O2S. The standard InChI is InChI=1S/C15H23FN2O2S/c1-11-3-2-4-12(9-11)7-8-18-21(19,20)15-6-5-13(17)10-14(15)16/h5-6,10-12,18H,2-4,7-9,17H2,1H3. The molecule has 0 amide bonds. The summed E-state index contributed by atoms with van der Waals surface area (Å²) in [7, 11) is -3.80. The summed E-state index contributed by atoms with van der Waals surface area (Å²) in [5.41, 5.74) is 5.64.